The molecule has 0 spiro atoms. The first kappa shape index (κ1) is 32.4. The van der Waals surface area contributed by atoms with Gasteiger partial charge in [-0.05, 0) is 93.1 Å². The average Bonchev–Trinajstić information content (AvgIpc) is 3.28. The molecule has 9 nitrogen and oxygen atoms in total. The van der Waals surface area contributed by atoms with Crippen molar-refractivity contribution in [2.24, 2.45) is 0 Å². The summed E-state index contributed by atoms with van der Waals surface area (Å²) in [5.74, 6) is 1.03. The molecule has 1 unspecified atom stereocenters. The maximum Gasteiger partial charge on any atom is 0.256 e. The second kappa shape index (κ2) is 15.8. The Morgan fingerprint density at radius 2 is 1.42 bits per heavy atom. The maximum absolute atomic E-state index is 13.8. The zero-order valence-corrected chi connectivity index (χ0v) is 27.0. The van der Waals surface area contributed by atoms with E-state index in [1.807, 2.05) is 55.1 Å². The smallest absolute Gasteiger partial charge is 0.256 e. The molecule has 1 N–H and O–H groups in total. The minimum atomic E-state index is -0.686. The van der Waals surface area contributed by atoms with Gasteiger partial charge < -0.3 is 24.6 Å². The number of rotatable bonds is 14. The second-order valence-corrected chi connectivity index (χ2v) is 11.6. The highest BCUT2D eigenvalue weighted by molar-refractivity contribution is 7.80. The molecule has 2 fully saturated rings. The van der Waals surface area contributed by atoms with Crippen molar-refractivity contribution in [1.82, 2.24) is 14.7 Å². The van der Waals surface area contributed by atoms with Gasteiger partial charge in [0.2, 0.25) is 5.91 Å². The molecular formula is C35H43N5O4S. The van der Waals surface area contributed by atoms with Crippen LogP contribution in [-0.2, 0) is 16.1 Å². The van der Waals surface area contributed by atoms with Crippen molar-refractivity contribution < 1.29 is 19.1 Å². The predicted octanol–water partition coefficient (Wildman–Crippen LogP) is 5.02. The Morgan fingerprint density at radius 1 is 0.822 bits per heavy atom. The van der Waals surface area contributed by atoms with Crippen LogP contribution < -0.4 is 19.7 Å². The second-order valence-electron chi connectivity index (χ2n) is 11.3. The van der Waals surface area contributed by atoms with E-state index in [1.54, 1.807) is 17.0 Å². The Morgan fingerprint density at radius 3 is 2.04 bits per heavy atom. The molecule has 45 heavy (non-hydrogen) atoms. The van der Waals surface area contributed by atoms with Crippen LogP contribution in [0, 0.1) is 0 Å². The monoisotopic (exact) mass is 629 g/mol. The van der Waals surface area contributed by atoms with E-state index in [4.69, 9.17) is 21.7 Å². The highest BCUT2D eigenvalue weighted by atomic mass is 32.1. The van der Waals surface area contributed by atoms with E-state index in [0.29, 0.717) is 36.2 Å². The van der Waals surface area contributed by atoms with Gasteiger partial charge in [-0.25, -0.2) is 0 Å². The van der Waals surface area contributed by atoms with E-state index >= 15 is 0 Å². The first-order valence-electron chi connectivity index (χ1n) is 15.8. The number of hydrogen-bond donors (Lipinski definition) is 1. The molecule has 238 valence electrons. The summed E-state index contributed by atoms with van der Waals surface area (Å²) in [6, 6.07) is 24.5. The van der Waals surface area contributed by atoms with Gasteiger partial charge in [-0.15, -0.1) is 0 Å². The van der Waals surface area contributed by atoms with Crippen molar-refractivity contribution >= 4 is 40.5 Å². The van der Waals surface area contributed by atoms with Gasteiger partial charge in [0.15, 0.2) is 5.11 Å². The molecule has 0 saturated carbocycles. The minimum Gasteiger partial charge on any atom is -0.494 e. The van der Waals surface area contributed by atoms with Crippen molar-refractivity contribution in [3.63, 3.8) is 0 Å². The summed E-state index contributed by atoms with van der Waals surface area (Å²) >= 11 is 5.89. The molecule has 3 aromatic carbocycles. The number of thiocarbonyl (C=S) groups is 1. The number of piperazine rings is 1. The van der Waals surface area contributed by atoms with Crippen LogP contribution in [0.25, 0.3) is 0 Å². The SMILES string of the molecule is CCOc1ccc(NC(=O)CC2C(=O)N(c3ccc(OCC)cc3)C(=S)N2CCCN2CCN(Cc3ccccc3)CC2)cc1. The lowest BCUT2D eigenvalue weighted by atomic mass is 10.1. The van der Waals surface area contributed by atoms with Gasteiger partial charge >= 0.3 is 0 Å². The molecule has 10 heteroatoms. The third-order valence-electron chi connectivity index (χ3n) is 8.14. The van der Waals surface area contributed by atoms with Gasteiger partial charge in [0.25, 0.3) is 5.91 Å². The summed E-state index contributed by atoms with van der Waals surface area (Å²) in [6.07, 6.45) is 0.831. The Labute approximate surface area is 271 Å². The fourth-order valence-electron chi connectivity index (χ4n) is 5.85. The van der Waals surface area contributed by atoms with E-state index in [9.17, 15) is 9.59 Å². The molecule has 0 bridgehead atoms. The lowest BCUT2D eigenvalue weighted by Gasteiger charge is -2.35. The number of carbonyl (C=O) groups is 2. The van der Waals surface area contributed by atoms with Gasteiger partial charge in [-0.3, -0.25) is 19.4 Å². The van der Waals surface area contributed by atoms with Crippen LogP contribution in [0.3, 0.4) is 0 Å². The summed E-state index contributed by atoms with van der Waals surface area (Å²) in [5.41, 5.74) is 2.66. The van der Waals surface area contributed by atoms with Crippen LogP contribution in [-0.4, -0.2) is 90.2 Å². The molecule has 2 amide bonds. The molecule has 0 radical (unpaired) electrons. The van der Waals surface area contributed by atoms with E-state index in [2.05, 4.69) is 45.4 Å². The van der Waals surface area contributed by atoms with E-state index < -0.39 is 6.04 Å². The topological polar surface area (TPSA) is 77.6 Å². The lowest BCUT2D eigenvalue weighted by molar-refractivity contribution is -0.124. The molecule has 0 aromatic heterocycles. The van der Waals surface area contributed by atoms with E-state index in [0.717, 1.165) is 57.2 Å². The Kier molecular flexibility index (Phi) is 11.4. The van der Waals surface area contributed by atoms with Gasteiger partial charge in [-0.1, -0.05) is 30.3 Å². The van der Waals surface area contributed by atoms with Crippen molar-refractivity contribution in [1.29, 1.82) is 0 Å². The van der Waals surface area contributed by atoms with Crippen LogP contribution in [0.2, 0.25) is 0 Å². The minimum absolute atomic E-state index is 0.00211. The first-order chi connectivity index (χ1) is 21.9. The average molecular weight is 630 g/mol. The van der Waals surface area contributed by atoms with E-state index in [1.165, 1.54) is 5.56 Å². The third kappa shape index (κ3) is 8.59. The van der Waals surface area contributed by atoms with Crippen LogP contribution in [0.5, 0.6) is 11.5 Å². The first-order valence-corrected chi connectivity index (χ1v) is 16.2. The summed E-state index contributed by atoms with van der Waals surface area (Å²) in [4.78, 5) is 35.5. The van der Waals surface area contributed by atoms with Crippen LogP contribution >= 0.6 is 12.2 Å². The molecule has 2 saturated heterocycles. The lowest BCUT2D eigenvalue weighted by Crippen LogP contribution is -2.47. The molecule has 3 aromatic rings. The Bertz CT molecular complexity index is 1410. The third-order valence-corrected chi connectivity index (χ3v) is 8.56. The van der Waals surface area contributed by atoms with Crippen molar-refractivity contribution in [3.8, 4) is 11.5 Å². The van der Waals surface area contributed by atoms with Crippen molar-refractivity contribution in [2.75, 3.05) is 62.7 Å². The molecule has 0 aliphatic carbocycles. The molecule has 2 heterocycles. The van der Waals surface area contributed by atoms with Crippen molar-refractivity contribution in [3.05, 3.63) is 84.4 Å². The molecular weight excluding hydrogens is 586 g/mol. The maximum atomic E-state index is 13.8. The molecule has 5 rings (SSSR count). The fraction of sp³-hybridized carbons (Fsp3) is 0.400. The summed E-state index contributed by atoms with van der Waals surface area (Å²) < 4.78 is 11.1. The molecule has 1 atom stereocenters. The Balaban J connectivity index is 1.21. The number of nitrogens with one attached hydrogen (secondary N) is 1. The number of benzene rings is 3. The number of anilines is 2. The normalized spacial score (nSPS) is 17.5. The number of ether oxygens (including phenoxy) is 2. The standard InChI is InChI=1S/C35H43N5O4S/c1-3-43-30-15-11-28(12-16-30)36-33(41)25-32-34(42)40(29-13-17-31(18-14-29)44-4-2)35(45)39(32)20-8-19-37-21-23-38(24-22-37)26-27-9-6-5-7-10-27/h5-7,9-18,32H,3-4,8,19-26H2,1-2H3,(H,36,41). The van der Waals surface area contributed by atoms with Gasteiger partial charge in [-0.2, -0.15) is 0 Å². The van der Waals surface area contributed by atoms with Crippen LogP contribution in [0.15, 0.2) is 78.9 Å². The number of amides is 2. The van der Waals surface area contributed by atoms with Crippen LogP contribution in [0.4, 0.5) is 11.4 Å². The number of nitrogens with zero attached hydrogens (tertiary/aromatic N) is 4. The molecule has 2 aliphatic heterocycles. The van der Waals surface area contributed by atoms with Gasteiger partial charge in [0.05, 0.1) is 25.3 Å². The quantitative estimate of drug-likeness (QED) is 0.249. The van der Waals surface area contributed by atoms with Crippen LogP contribution in [0.1, 0.15) is 32.3 Å². The largest absolute Gasteiger partial charge is 0.494 e. The highest BCUT2D eigenvalue weighted by Gasteiger charge is 2.44. The van der Waals surface area contributed by atoms with Gasteiger partial charge in [0.1, 0.15) is 17.5 Å². The van der Waals surface area contributed by atoms with Gasteiger partial charge in [0, 0.05) is 45.0 Å². The predicted molar refractivity (Wildman–Crippen MR) is 182 cm³/mol. The summed E-state index contributed by atoms with van der Waals surface area (Å²) in [5, 5.41) is 3.36. The summed E-state index contributed by atoms with van der Waals surface area (Å²) in [7, 11) is 0. The zero-order chi connectivity index (χ0) is 31.6. The zero-order valence-electron chi connectivity index (χ0n) is 26.2. The van der Waals surface area contributed by atoms with Crippen molar-refractivity contribution in [2.45, 2.75) is 39.3 Å². The summed E-state index contributed by atoms with van der Waals surface area (Å²) in [6.45, 7) is 11.5. The van der Waals surface area contributed by atoms with E-state index in [-0.39, 0.29) is 18.2 Å². The fourth-order valence-corrected chi connectivity index (χ4v) is 6.26. The molecule has 2 aliphatic rings. The highest BCUT2D eigenvalue weighted by Crippen LogP contribution is 2.29. The Hall–Kier alpha value is -3.99. The number of hydrogen-bond acceptors (Lipinski definition) is 7. The number of carbonyl (C=O) groups excluding carboxylic acids is 2.